The molecule has 0 spiro atoms. The number of rotatable bonds is 8. The van der Waals surface area contributed by atoms with E-state index >= 15 is 0 Å². The average Bonchev–Trinajstić information content (AvgIpc) is 1.67. The second-order valence-corrected chi connectivity index (χ2v) is 29.4. The Hall–Kier alpha value is -10.9. The van der Waals surface area contributed by atoms with Crippen molar-refractivity contribution < 1.29 is 0 Å². The normalized spacial score (nSPS) is 13.0. The minimum absolute atomic E-state index is 0.0197. The highest BCUT2D eigenvalue weighted by Gasteiger charge is 2.47. The molecule has 14 aromatic rings. The first-order chi connectivity index (χ1) is 46.0. The van der Waals surface area contributed by atoms with Gasteiger partial charge in [-0.1, -0.05) is 250 Å². The van der Waals surface area contributed by atoms with Crippen LogP contribution in [0.25, 0.3) is 83.1 Å². The van der Waals surface area contributed by atoms with E-state index < -0.39 is 0 Å². The van der Waals surface area contributed by atoms with Crippen molar-refractivity contribution >= 4 is 96.1 Å². The number of nitrogens with zero attached hydrogens (tertiary/aromatic N) is 4. The van der Waals surface area contributed by atoms with Crippen LogP contribution in [0.1, 0.15) is 79.0 Å². The highest BCUT2D eigenvalue weighted by atomic mass is 15.2. The first kappa shape index (κ1) is 58.0. The van der Waals surface area contributed by atoms with Crippen LogP contribution < -0.4 is 31.1 Å². The molecular weight excluding hydrogens is 1150 g/mol. The molecule has 0 bridgehead atoms. The predicted octanol–water partition coefficient (Wildman–Crippen LogP) is 22.9. The van der Waals surface area contributed by atoms with E-state index in [0.717, 1.165) is 56.7 Å². The molecular formula is C90H75BN4. The van der Waals surface area contributed by atoms with Crippen molar-refractivity contribution in [1.29, 1.82) is 0 Å². The topological polar surface area (TPSA) is 14.7 Å². The SMILES string of the molecule is CC(C)(C)c1ccc(-c2cccc(N3c4cc(N(c5ccccc5)c5ccccc5)ccc4B4c5cc(-c6ccccc6)cc6c5N(c5ccc(-c7ccccc7)cc5-c5ccccc5-6)c5cc(-n6c7ccc(C(C)(C)C)cc7c7cc(C(C)(C)C)ccc76)cc3c54)c2)cc1. The van der Waals surface area contributed by atoms with Gasteiger partial charge >= 0.3 is 0 Å². The van der Waals surface area contributed by atoms with E-state index in [2.05, 4.69) is 373 Å². The average molecular weight is 1220 g/mol. The van der Waals surface area contributed by atoms with E-state index in [1.807, 2.05) is 0 Å². The van der Waals surface area contributed by atoms with Gasteiger partial charge in [-0.05, 0) is 197 Å². The van der Waals surface area contributed by atoms with E-state index in [0.29, 0.717) is 0 Å². The first-order valence-corrected chi connectivity index (χ1v) is 33.7. The minimum Gasteiger partial charge on any atom is -0.311 e. The van der Waals surface area contributed by atoms with Crippen LogP contribution in [0.5, 0.6) is 0 Å². The zero-order valence-corrected chi connectivity index (χ0v) is 55.6. The monoisotopic (exact) mass is 1220 g/mol. The van der Waals surface area contributed by atoms with Crippen molar-refractivity contribution in [3.05, 3.63) is 308 Å². The number of hydrogen-bond acceptors (Lipinski definition) is 3. The van der Waals surface area contributed by atoms with Crippen molar-refractivity contribution in [3.8, 4) is 61.3 Å². The molecule has 5 heteroatoms. The Morgan fingerprint density at radius 2 is 0.768 bits per heavy atom. The Bertz CT molecular complexity index is 5250. The summed E-state index contributed by atoms with van der Waals surface area (Å²) >= 11 is 0. The highest BCUT2D eigenvalue weighted by Crippen LogP contribution is 2.56. The third kappa shape index (κ3) is 9.65. The van der Waals surface area contributed by atoms with Gasteiger partial charge in [0.15, 0.2) is 0 Å². The molecule has 0 unspecified atom stereocenters. The van der Waals surface area contributed by atoms with Crippen LogP contribution in [-0.2, 0) is 16.2 Å². The molecule has 0 saturated carbocycles. The summed E-state index contributed by atoms with van der Waals surface area (Å²) in [7, 11) is 0. The van der Waals surface area contributed by atoms with Gasteiger partial charge in [0.1, 0.15) is 0 Å². The molecule has 0 atom stereocenters. The minimum atomic E-state index is -0.211. The molecule has 17 rings (SSSR count). The first-order valence-electron chi connectivity index (χ1n) is 33.7. The quantitative estimate of drug-likeness (QED) is 0.141. The lowest BCUT2D eigenvalue weighted by Gasteiger charge is -2.45. The smallest absolute Gasteiger partial charge is 0.252 e. The lowest BCUT2D eigenvalue weighted by Crippen LogP contribution is -2.61. The number of hydrogen-bond donors (Lipinski definition) is 0. The van der Waals surface area contributed by atoms with E-state index in [9.17, 15) is 0 Å². The molecule has 3 aliphatic rings. The van der Waals surface area contributed by atoms with Crippen LogP contribution in [0.2, 0.25) is 0 Å². The lowest BCUT2D eigenvalue weighted by molar-refractivity contribution is 0.590. The Labute approximate surface area is 559 Å². The summed E-state index contributed by atoms with van der Waals surface area (Å²) in [6, 6.07) is 111. The molecule has 0 N–H and O–H groups in total. The number of benzene rings is 13. The zero-order valence-electron chi connectivity index (χ0n) is 55.6. The summed E-state index contributed by atoms with van der Waals surface area (Å²) < 4.78 is 2.58. The largest absolute Gasteiger partial charge is 0.311 e. The fourth-order valence-electron chi connectivity index (χ4n) is 15.4. The van der Waals surface area contributed by atoms with Crippen LogP contribution in [0.15, 0.2) is 291 Å². The van der Waals surface area contributed by atoms with Gasteiger partial charge in [-0.15, -0.1) is 0 Å². The van der Waals surface area contributed by atoms with Gasteiger partial charge < -0.3 is 19.3 Å². The molecule has 4 heterocycles. The summed E-state index contributed by atoms with van der Waals surface area (Å²) in [4.78, 5) is 7.73. The summed E-state index contributed by atoms with van der Waals surface area (Å²) in [6.45, 7) is 20.7. The summed E-state index contributed by atoms with van der Waals surface area (Å²) in [5.41, 5.74) is 33.0. The Balaban J connectivity index is 1.03. The second kappa shape index (κ2) is 21.9. The highest BCUT2D eigenvalue weighted by molar-refractivity contribution is 7.00. The van der Waals surface area contributed by atoms with Crippen molar-refractivity contribution in [2.75, 3.05) is 14.7 Å². The molecule has 0 amide bonds. The van der Waals surface area contributed by atoms with Crippen molar-refractivity contribution in [2.24, 2.45) is 0 Å². The third-order valence-corrected chi connectivity index (χ3v) is 20.3. The lowest BCUT2D eigenvalue weighted by atomic mass is 9.33. The van der Waals surface area contributed by atoms with Crippen LogP contribution >= 0.6 is 0 Å². The summed E-state index contributed by atoms with van der Waals surface area (Å²) in [5, 5.41) is 2.51. The maximum atomic E-state index is 2.68. The Morgan fingerprint density at radius 1 is 0.284 bits per heavy atom. The summed E-state index contributed by atoms with van der Waals surface area (Å²) in [6.07, 6.45) is 0. The fraction of sp³-hybridized carbons (Fsp3) is 0.133. The number of fused-ring (bicyclic) bond motifs is 12. The van der Waals surface area contributed by atoms with Gasteiger partial charge in [0.25, 0.3) is 6.71 Å². The van der Waals surface area contributed by atoms with Crippen molar-refractivity contribution in [3.63, 3.8) is 0 Å². The van der Waals surface area contributed by atoms with Crippen LogP contribution in [0.3, 0.4) is 0 Å². The molecule has 0 fully saturated rings. The molecule has 0 aliphatic carbocycles. The maximum Gasteiger partial charge on any atom is 0.252 e. The molecule has 458 valence electrons. The standard InChI is InChI=1S/C90H75BN4/c1-88(2,3)64-40-37-60(38-41-64)61-29-24-34-69(49-61)93-83-55-70(92(67-30-18-12-19-31-67)68-32-20-13-21-33-68)44-45-78(83)91-79-52-63(59-27-16-11-17-28-59)51-77-73-36-23-22-35-72(73)74-50-62(58-25-14-10-15-26-58)39-46-82(74)95(87(77)79)85-57-71(56-84(93)86(85)91)94-80-47-42-65(89(4,5)6)53-75(80)76-54-66(90(7,8)9)43-48-81(76)94/h10-57H,1-9H3. The molecule has 0 radical (unpaired) electrons. The molecule has 13 aromatic carbocycles. The van der Waals surface area contributed by atoms with Crippen LogP contribution in [0.4, 0.5) is 51.2 Å². The molecule has 3 aliphatic heterocycles. The van der Waals surface area contributed by atoms with Gasteiger partial charge in [0.2, 0.25) is 0 Å². The molecule has 1 aromatic heterocycles. The Morgan fingerprint density at radius 3 is 1.36 bits per heavy atom. The summed E-state index contributed by atoms with van der Waals surface area (Å²) in [5.74, 6) is 0. The van der Waals surface area contributed by atoms with E-state index in [1.165, 1.54) is 111 Å². The second-order valence-electron chi connectivity index (χ2n) is 29.4. The number of aromatic nitrogens is 1. The van der Waals surface area contributed by atoms with Gasteiger partial charge in [0, 0.05) is 67.4 Å². The fourth-order valence-corrected chi connectivity index (χ4v) is 15.4. The molecule has 0 saturated heterocycles. The molecule has 4 nitrogen and oxygen atoms in total. The van der Waals surface area contributed by atoms with E-state index in [1.54, 1.807) is 0 Å². The molecule has 95 heavy (non-hydrogen) atoms. The third-order valence-electron chi connectivity index (χ3n) is 20.3. The number of anilines is 9. The van der Waals surface area contributed by atoms with Gasteiger partial charge in [-0.25, -0.2) is 0 Å². The Kier molecular flexibility index (Phi) is 13.3. The van der Waals surface area contributed by atoms with Crippen molar-refractivity contribution in [1.82, 2.24) is 4.57 Å². The van der Waals surface area contributed by atoms with Gasteiger partial charge in [-0.2, -0.15) is 0 Å². The van der Waals surface area contributed by atoms with Gasteiger partial charge in [-0.3, -0.25) is 0 Å². The number of para-hydroxylation sites is 2. The van der Waals surface area contributed by atoms with E-state index in [4.69, 9.17) is 0 Å². The van der Waals surface area contributed by atoms with Crippen LogP contribution in [-0.4, -0.2) is 11.3 Å². The van der Waals surface area contributed by atoms with Gasteiger partial charge in [0.05, 0.1) is 22.4 Å². The maximum absolute atomic E-state index is 2.68. The van der Waals surface area contributed by atoms with Crippen LogP contribution in [0, 0.1) is 0 Å². The zero-order chi connectivity index (χ0) is 64.6. The van der Waals surface area contributed by atoms with E-state index in [-0.39, 0.29) is 23.0 Å². The van der Waals surface area contributed by atoms with Crippen molar-refractivity contribution in [2.45, 2.75) is 78.6 Å². The predicted molar refractivity (Wildman–Crippen MR) is 406 cm³/mol.